The van der Waals surface area contributed by atoms with Crippen molar-refractivity contribution in [1.82, 2.24) is 0 Å². The van der Waals surface area contributed by atoms with Crippen LogP contribution in [0.4, 0.5) is 17.1 Å². The maximum atomic E-state index is 10.7. The minimum atomic E-state index is -1.16. The number of hydrogen-bond donors (Lipinski definition) is 0. The third-order valence-electron chi connectivity index (χ3n) is 1.93. The second-order valence-electron chi connectivity index (χ2n) is 3.01. The molecule has 0 aromatic heterocycles. The minimum Gasteiger partial charge on any atom is -0.493 e. The van der Waals surface area contributed by atoms with Gasteiger partial charge in [-0.1, -0.05) is 0 Å². The molecule has 10 nitrogen and oxygen atoms in total. The Morgan fingerprint density at radius 1 is 1.00 bits per heavy atom. The molecule has 0 atom stereocenters. The zero-order chi connectivity index (χ0) is 13.9. The van der Waals surface area contributed by atoms with Crippen LogP contribution >= 0.6 is 0 Å². The topological polar surface area (TPSA) is 139 Å². The number of hydrogen-bond acceptors (Lipinski definition) is 7. The maximum absolute atomic E-state index is 10.7. The zero-order valence-electron chi connectivity index (χ0n) is 9.06. The summed E-state index contributed by atoms with van der Waals surface area (Å²) in [5, 5.41) is 32.0. The van der Waals surface area contributed by atoms with Crippen LogP contribution in [0, 0.1) is 30.3 Å². The van der Waals surface area contributed by atoms with E-state index in [0.29, 0.717) is 0 Å². The van der Waals surface area contributed by atoms with Gasteiger partial charge in [0.2, 0.25) is 0 Å². The van der Waals surface area contributed by atoms with E-state index >= 15 is 0 Å². The molecule has 0 saturated carbocycles. The normalized spacial score (nSPS) is 9.83. The Balaban J connectivity index is 3.60. The van der Waals surface area contributed by atoms with E-state index in [0.717, 1.165) is 12.1 Å². The van der Waals surface area contributed by atoms with E-state index < -0.39 is 31.8 Å². The van der Waals surface area contributed by atoms with E-state index in [-0.39, 0.29) is 12.4 Å². The Bertz CT molecular complexity index is 492. The van der Waals surface area contributed by atoms with Crippen LogP contribution in [0.25, 0.3) is 0 Å². The van der Waals surface area contributed by atoms with Crippen LogP contribution in [-0.2, 0) is 0 Å². The van der Waals surface area contributed by atoms with Crippen molar-refractivity contribution in [1.29, 1.82) is 0 Å². The Morgan fingerprint density at radius 3 is 1.72 bits per heavy atom. The second kappa shape index (κ2) is 5.03. The molecule has 1 aromatic carbocycles. The summed E-state index contributed by atoms with van der Waals surface area (Å²) in [6.07, 6.45) is 0. The zero-order valence-corrected chi connectivity index (χ0v) is 9.06. The highest BCUT2D eigenvalue weighted by Crippen LogP contribution is 2.39. The molecule has 1 rings (SSSR count). The molecule has 0 fully saturated rings. The summed E-state index contributed by atoms with van der Waals surface area (Å²) < 4.78 is 4.89. The van der Waals surface area contributed by atoms with Crippen LogP contribution < -0.4 is 4.74 Å². The summed E-state index contributed by atoms with van der Waals surface area (Å²) in [7, 11) is 0. The van der Waals surface area contributed by atoms with Crippen molar-refractivity contribution in [3.8, 4) is 5.75 Å². The van der Waals surface area contributed by atoms with Gasteiger partial charge < -0.3 is 4.74 Å². The first-order valence-electron chi connectivity index (χ1n) is 4.62. The van der Waals surface area contributed by atoms with E-state index in [1.807, 2.05) is 0 Å². The van der Waals surface area contributed by atoms with Gasteiger partial charge in [0.15, 0.2) is 0 Å². The fraction of sp³-hybridized carbons (Fsp3) is 0.250. The van der Waals surface area contributed by atoms with E-state index in [4.69, 9.17) is 4.74 Å². The molecule has 18 heavy (non-hydrogen) atoms. The van der Waals surface area contributed by atoms with Gasteiger partial charge in [-0.15, -0.1) is 0 Å². The standard InChI is InChI=1S/C8H7N3O7/c1-2-18-5-3-6(9(12)13)8(11(16)17)7(4-5)10(14)15/h3-4H,2H2,1H3. The number of nitro benzene ring substituents is 3. The van der Waals surface area contributed by atoms with Crippen LogP contribution in [0.2, 0.25) is 0 Å². The van der Waals surface area contributed by atoms with Crippen molar-refractivity contribution in [3.05, 3.63) is 42.5 Å². The van der Waals surface area contributed by atoms with Gasteiger partial charge in [0.1, 0.15) is 5.75 Å². The third kappa shape index (κ3) is 2.48. The van der Waals surface area contributed by atoms with Crippen molar-refractivity contribution in [2.24, 2.45) is 0 Å². The average Bonchev–Trinajstić information content (AvgIpc) is 2.27. The van der Waals surface area contributed by atoms with E-state index in [1.165, 1.54) is 0 Å². The van der Waals surface area contributed by atoms with Crippen LogP contribution in [-0.4, -0.2) is 21.4 Å². The van der Waals surface area contributed by atoms with E-state index in [9.17, 15) is 30.3 Å². The second-order valence-corrected chi connectivity index (χ2v) is 3.01. The molecule has 0 aliphatic heterocycles. The van der Waals surface area contributed by atoms with Gasteiger partial charge in [-0.3, -0.25) is 30.3 Å². The molecule has 0 heterocycles. The fourth-order valence-corrected chi connectivity index (χ4v) is 1.29. The predicted molar refractivity (Wildman–Crippen MR) is 57.6 cm³/mol. The number of nitro groups is 3. The Labute approximate surface area is 99.2 Å². The van der Waals surface area contributed by atoms with Gasteiger partial charge in [-0.25, -0.2) is 0 Å². The van der Waals surface area contributed by atoms with Gasteiger partial charge in [-0.2, -0.15) is 0 Å². The molecule has 0 N–H and O–H groups in total. The molecule has 0 radical (unpaired) electrons. The monoisotopic (exact) mass is 257 g/mol. The first-order valence-corrected chi connectivity index (χ1v) is 4.62. The van der Waals surface area contributed by atoms with Gasteiger partial charge in [0, 0.05) is 0 Å². The van der Waals surface area contributed by atoms with Crippen molar-refractivity contribution < 1.29 is 19.5 Å². The van der Waals surface area contributed by atoms with Crippen LogP contribution in [0.1, 0.15) is 6.92 Å². The van der Waals surface area contributed by atoms with Crippen molar-refractivity contribution in [3.63, 3.8) is 0 Å². The summed E-state index contributed by atoms with van der Waals surface area (Å²) >= 11 is 0. The van der Waals surface area contributed by atoms with Crippen LogP contribution in [0.3, 0.4) is 0 Å². The molecule has 0 saturated heterocycles. The smallest absolute Gasteiger partial charge is 0.422 e. The largest absolute Gasteiger partial charge is 0.493 e. The SMILES string of the molecule is CCOc1cc([N+](=O)[O-])c([N+](=O)[O-])c([N+](=O)[O-])c1. The summed E-state index contributed by atoms with van der Waals surface area (Å²) in [6.45, 7) is 1.69. The minimum absolute atomic E-state index is 0.117. The van der Waals surface area contributed by atoms with Crippen molar-refractivity contribution >= 4 is 17.1 Å². The lowest BCUT2D eigenvalue weighted by molar-refractivity contribution is -0.441. The van der Waals surface area contributed by atoms with Gasteiger partial charge in [0.05, 0.1) is 33.5 Å². The molecular weight excluding hydrogens is 250 g/mol. The number of nitrogens with zero attached hydrogens (tertiary/aromatic N) is 3. The first kappa shape index (κ1) is 13.3. The fourth-order valence-electron chi connectivity index (χ4n) is 1.29. The highest BCUT2D eigenvalue weighted by Gasteiger charge is 2.37. The molecule has 0 bridgehead atoms. The molecule has 0 spiro atoms. The lowest BCUT2D eigenvalue weighted by atomic mass is 10.2. The number of rotatable bonds is 5. The van der Waals surface area contributed by atoms with Gasteiger partial charge in [-0.05, 0) is 6.92 Å². The Morgan fingerprint density at radius 2 is 1.44 bits per heavy atom. The molecule has 96 valence electrons. The van der Waals surface area contributed by atoms with Crippen LogP contribution in [0.15, 0.2) is 12.1 Å². The molecule has 1 aromatic rings. The van der Waals surface area contributed by atoms with Crippen molar-refractivity contribution in [2.45, 2.75) is 6.92 Å². The first-order chi connectivity index (χ1) is 8.38. The summed E-state index contributed by atoms with van der Waals surface area (Å²) in [5.41, 5.74) is -3.11. The molecule has 0 amide bonds. The summed E-state index contributed by atoms with van der Waals surface area (Å²) in [4.78, 5) is 28.8. The van der Waals surface area contributed by atoms with Crippen LogP contribution in [0.5, 0.6) is 5.75 Å². The average molecular weight is 257 g/mol. The highest BCUT2D eigenvalue weighted by molar-refractivity contribution is 5.68. The Kier molecular flexibility index (Phi) is 3.72. The number of benzene rings is 1. The lowest BCUT2D eigenvalue weighted by Gasteiger charge is -2.03. The molecule has 0 aliphatic carbocycles. The highest BCUT2D eigenvalue weighted by atomic mass is 16.6. The van der Waals surface area contributed by atoms with Crippen molar-refractivity contribution in [2.75, 3.05) is 6.61 Å². The lowest BCUT2D eigenvalue weighted by Crippen LogP contribution is -2.03. The summed E-state index contributed by atoms with van der Waals surface area (Å²) in [6, 6.07) is 1.57. The molecule has 0 unspecified atom stereocenters. The molecule has 0 aliphatic rings. The predicted octanol–water partition coefficient (Wildman–Crippen LogP) is 1.81. The van der Waals surface area contributed by atoms with E-state index in [1.54, 1.807) is 6.92 Å². The summed E-state index contributed by atoms with van der Waals surface area (Å²) in [5.74, 6) is -0.165. The molecule has 10 heteroatoms. The third-order valence-corrected chi connectivity index (χ3v) is 1.93. The van der Waals surface area contributed by atoms with E-state index in [2.05, 4.69) is 0 Å². The maximum Gasteiger partial charge on any atom is 0.422 e. The van der Waals surface area contributed by atoms with Gasteiger partial charge in [0.25, 0.3) is 0 Å². The molecular formula is C8H7N3O7. The Hall–Kier alpha value is -2.78. The quantitative estimate of drug-likeness (QED) is 0.578. The van der Waals surface area contributed by atoms with Gasteiger partial charge >= 0.3 is 17.1 Å². The number of ether oxygens (including phenoxy) is 1.